The highest BCUT2D eigenvalue weighted by atomic mass is 16.6. The molecular formula is C15H23N3O3. The molecule has 0 atom stereocenters. The van der Waals surface area contributed by atoms with E-state index in [1.54, 1.807) is 11.8 Å². The molecule has 1 aliphatic carbocycles. The fourth-order valence-electron chi connectivity index (χ4n) is 3.11. The summed E-state index contributed by atoms with van der Waals surface area (Å²) in [6.45, 7) is 3.33. The lowest BCUT2D eigenvalue weighted by Gasteiger charge is -2.33. The summed E-state index contributed by atoms with van der Waals surface area (Å²) in [6.07, 6.45) is 4.36. The van der Waals surface area contributed by atoms with Gasteiger partial charge < -0.3 is 15.0 Å². The van der Waals surface area contributed by atoms with Gasteiger partial charge in [-0.25, -0.2) is 4.79 Å². The van der Waals surface area contributed by atoms with Crippen molar-refractivity contribution in [1.29, 1.82) is 5.26 Å². The summed E-state index contributed by atoms with van der Waals surface area (Å²) in [6, 6.07) is 2.26. The quantitative estimate of drug-likeness (QED) is 0.860. The Morgan fingerprint density at radius 2 is 1.95 bits per heavy atom. The van der Waals surface area contributed by atoms with Crippen LogP contribution < -0.4 is 5.32 Å². The maximum Gasteiger partial charge on any atom is 0.409 e. The molecule has 2 fully saturated rings. The Kier molecular flexibility index (Phi) is 5.05. The van der Waals surface area contributed by atoms with Gasteiger partial charge >= 0.3 is 6.09 Å². The van der Waals surface area contributed by atoms with Gasteiger partial charge in [-0.2, -0.15) is 5.26 Å². The summed E-state index contributed by atoms with van der Waals surface area (Å²) in [5.41, 5.74) is -0.821. The van der Waals surface area contributed by atoms with Gasteiger partial charge in [-0.3, -0.25) is 4.79 Å². The summed E-state index contributed by atoms with van der Waals surface area (Å²) in [4.78, 5) is 25.6. The van der Waals surface area contributed by atoms with E-state index in [0.717, 1.165) is 12.8 Å². The highest BCUT2D eigenvalue weighted by molar-refractivity contribution is 5.86. The second-order valence-electron chi connectivity index (χ2n) is 5.83. The molecule has 0 radical (unpaired) electrons. The highest BCUT2D eigenvalue weighted by Crippen LogP contribution is 2.37. The zero-order chi connectivity index (χ0) is 15.3. The minimum Gasteiger partial charge on any atom is -0.450 e. The molecule has 2 amide bonds. The van der Waals surface area contributed by atoms with Crippen molar-refractivity contribution in [3.05, 3.63) is 0 Å². The summed E-state index contributed by atoms with van der Waals surface area (Å²) in [5, 5.41) is 12.3. The summed E-state index contributed by atoms with van der Waals surface area (Å²) in [7, 11) is 0. The maximum atomic E-state index is 12.3. The molecule has 1 N–H and O–H groups in total. The fourth-order valence-corrected chi connectivity index (χ4v) is 3.11. The van der Waals surface area contributed by atoms with Crippen molar-refractivity contribution in [3.63, 3.8) is 0 Å². The lowest BCUT2D eigenvalue weighted by Crippen LogP contribution is -2.50. The number of nitrogens with zero attached hydrogens (tertiary/aromatic N) is 2. The molecule has 6 heteroatoms. The second-order valence-corrected chi connectivity index (χ2v) is 5.83. The molecule has 0 unspecified atom stereocenters. The maximum absolute atomic E-state index is 12.3. The minimum absolute atomic E-state index is 0.0500. The van der Waals surface area contributed by atoms with Crippen LogP contribution in [0.3, 0.4) is 0 Å². The van der Waals surface area contributed by atoms with Gasteiger partial charge in [-0.15, -0.1) is 0 Å². The molecule has 2 aliphatic rings. The molecule has 1 saturated carbocycles. The predicted molar refractivity (Wildman–Crippen MR) is 76.3 cm³/mol. The first-order valence-electron chi connectivity index (χ1n) is 7.75. The number of likely N-dealkylation sites (tertiary alicyclic amines) is 1. The molecule has 0 aromatic heterocycles. The van der Waals surface area contributed by atoms with E-state index >= 15 is 0 Å². The highest BCUT2D eigenvalue weighted by Gasteiger charge is 2.42. The van der Waals surface area contributed by atoms with E-state index in [4.69, 9.17) is 4.74 Å². The van der Waals surface area contributed by atoms with Crippen molar-refractivity contribution in [1.82, 2.24) is 10.2 Å². The molecule has 2 rings (SSSR count). The summed E-state index contributed by atoms with van der Waals surface area (Å²) >= 11 is 0. The van der Waals surface area contributed by atoms with Crippen molar-refractivity contribution in [3.8, 4) is 6.07 Å². The van der Waals surface area contributed by atoms with Crippen LogP contribution in [-0.2, 0) is 9.53 Å². The minimum atomic E-state index is -0.821. The van der Waals surface area contributed by atoms with Crippen LogP contribution in [0.2, 0.25) is 0 Å². The first-order valence-corrected chi connectivity index (χ1v) is 7.75. The number of carbonyl (C=O) groups excluding carboxylic acids is 2. The molecule has 1 heterocycles. The Morgan fingerprint density at radius 3 is 2.48 bits per heavy atom. The number of nitrogens with one attached hydrogen (secondary N) is 1. The first-order chi connectivity index (χ1) is 10.1. The van der Waals surface area contributed by atoms with Gasteiger partial charge in [0.1, 0.15) is 5.41 Å². The molecule has 1 aliphatic heterocycles. The molecular weight excluding hydrogens is 270 g/mol. The Hall–Kier alpha value is -1.77. The normalized spacial score (nSPS) is 21.6. The van der Waals surface area contributed by atoms with Gasteiger partial charge in [0.05, 0.1) is 12.7 Å². The standard InChI is InChI=1S/C15H23N3O3/c1-2-21-14(20)18-9-5-12(6-10-18)17-13(19)15(11-16)7-3-4-8-15/h12H,2-10H2,1H3,(H,17,19). The summed E-state index contributed by atoms with van der Waals surface area (Å²) < 4.78 is 4.97. The van der Waals surface area contributed by atoms with Crippen molar-refractivity contribution in [2.75, 3.05) is 19.7 Å². The topological polar surface area (TPSA) is 82.4 Å². The third-order valence-corrected chi connectivity index (χ3v) is 4.46. The van der Waals surface area contributed by atoms with Crippen LogP contribution in [-0.4, -0.2) is 42.6 Å². The van der Waals surface area contributed by atoms with Gasteiger partial charge in [-0.1, -0.05) is 12.8 Å². The van der Waals surface area contributed by atoms with Gasteiger partial charge in [0.25, 0.3) is 0 Å². The second kappa shape index (κ2) is 6.79. The molecule has 21 heavy (non-hydrogen) atoms. The van der Waals surface area contributed by atoms with Gasteiger partial charge in [0.2, 0.25) is 5.91 Å². The molecule has 0 bridgehead atoms. The average molecular weight is 293 g/mol. The number of ether oxygens (including phenoxy) is 1. The number of piperidine rings is 1. The van der Waals surface area contributed by atoms with E-state index in [0.29, 0.717) is 45.4 Å². The Labute approximate surface area is 125 Å². The van der Waals surface area contributed by atoms with Gasteiger partial charge in [-0.05, 0) is 32.6 Å². The number of nitriles is 1. The van der Waals surface area contributed by atoms with Crippen LogP contribution in [0.1, 0.15) is 45.4 Å². The number of rotatable bonds is 3. The lowest BCUT2D eigenvalue weighted by atomic mass is 9.86. The van der Waals surface area contributed by atoms with Crippen LogP contribution in [0, 0.1) is 16.7 Å². The fraction of sp³-hybridized carbons (Fsp3) is 0.800. The Bertz CT molecular complexity index is 430. The van der Waals surface area contributed by atoms with Crippen LogP contribution in [0.25, 0.3) is 0 Å². The number of carbonyl (C=O) groups is 2. The lowest BCUT2D eigenvalue weighted by molar-refractivity contribution is -0.129. The van der Waals surface area contributed by atoms with E-state index < -0.39 is 5.41 Å². The van der Waals surface area contributed by atoms with Crippen LogP contribution in [0.15, 0.2) is 0 Å². The number of hydrogen-bond acceptors (Lipinski definition) is 4. The molecule has 6 nitrogen and oxygen atoms in total. The predicted octanol–water partition coefficient (Wildman–Crippen LogP) is 1.81. The van der Waals surface area contributed by atoms with E-state index in [-0.39, 0.29) is 18.0 Å². The van der Waals surface area contributed by atoms with E-state index in [1.165, 1.54) is 0 Å². The third kappa shape index (κ3) is 3.46. The van der Waals surface area contributed by atoms with Gasteiger partial charge in [0.15, 0.2) is 0 Å². The van der Waals surface area contributed by atoms with Crippen LogP contribution >= 0.6 is 0 Å². The molecule has 1 saturated heterocycles. The third-order valence-electron chi connectivity index (χ3n) is 4.46. The summed E-state index contributed by atoms with van der Waals surface area (Å²) in [5.74, 6) is -0.128. The largest absolute Gasteiger partial charge is 0.450 e. The zero-order valence-electron chi connectivity index (χ0n) is 12.6. The molecule has 0 aromatic carbocycles. The SMILES string of the molecule is CCOC(=O)N1CCC(NC(=O)C2(C#N)CCCC2)CC1. The monoisotopic (exact) mass is 293 g/mol. The van der Waals surface area contributed by atoms with Gasteiger partial charge in [0, 0.05) is 19.1 Å². The van der Waals surface area contributed by atoms with Crippen molar-refractivity contribution in [2.24, 2.45) is 5.41 Å². The molecule has 0 aromatic rings. The van der Waals surface area contributed by atoms with E-state index in [9.17, 15) is 14.9 Å². The van der Waals surface area contributed by atoms with Crippen molar-refractivity contribution in [2.45, 2.75) is 51.5 Å². The average Bonchev–Trinajstić information content (AvgIpc) is 2.98. The first kappa shape index (κ1) is 15.6. The molecule has 116 valence electrons. The van der Waals surface area contributed by atoms with Crippen molar-refractivity contribution >= 4 is 12.0 Å². The van der Waals surface area contributed by atoms with Crippen LogP contribution in [0.4, 0.5) is 4.79 Å². The van der Waals surface area contributed by atoms with E-state index in [2.05, 4.69) is 11.4 Å². The Morgan fingerprint density at radius 1 is 1.33 bits per heavy atom. The zero-order valence-corrected chi connectivity index (χ0v) is 12.6. The molecule has 0 spiro atoms. The Balaban J connectivity index is 1.82. The smallest absolute Gasteiger partial charge is 0.409 e. The van der Waals surface area contributed by atoms with Crippen LogP contribution in [0.5, 0.6) is 0 Å². The number of hydrogen-bond donors (Lipinski definition) is 1. The van der Waals surface area contributed by atoms with E-state index in [1.807, 2.05) is 0 Å². The van der Waals surface area contributed by atoms with Crippen molar-refractivity contribution < 1.29 is 14.3 Å². The number of amides is 2.